The van der Waals surface area contributed by atoms with E-state index < -0.39 is 11.9 Å². The molecule has 3 rings (SSSR count). The molecule has 3 amide bonds. The van der Waals surface area contributed by atoms with Crippen LogP contribution in [0.2, 0.25) is 0 Å². The molecule has 2 aromatic heterocycles. The van der Waals surface area contributed by atoms with E-state index in [1.165, 1.54) is 35.7 Å². The first-order chi connectivity index (χ1) is 13.3. The Kier molecular flexibility index (Phi) is 7.56. The van der Waals surface area contributed by atoms with Crippen LogP contribution in [0.1, 0.15) is 35.4 Å². The van der Waals surface area contributed by atoms with Crippen LogP contribution in [0.3, 0.4) is 0 Å². The lowest BCUT2D eigenvalue weighted by atomic mass is 10.1. The molecule has 0 atom stereocenters. The summed E-state index contributed by atoms with van der Waals surface area (Å²) in [4.78, 5) is 29.3. The normalized spacial score (nSPS) is 13.3. The van der Waals surface area contributed by atoms with Crippen LogP contribution < -0.4 is 21.7 Å². The van der Waals surface area contributed by atoms with Gasteiger partial charge in [0, 0.05) is 27.2 Å². The molecule has 0 radical (unpaired) electrons. The number of urea groups is 1. The molecular formula is C18H27N7O2S. The van der Waals surface area contributed by atoms with Crippen LogP contribution in [-0.2, 0) is 0 Å². The Morgan fingerprint density at radius 3 is 2.32 bits per heavy atom. The largest absolute Gasteiger partial charge is 0.370 e. The van der Waals surface area contributed by atoms with E-state index >= 15 is 0 Å². The van der Waals surface area contributed by atoms with E-state index in [0.29, 0.717) is 5.69 Å². The molecule has 1 saturated heterocycles. The molecule has 1 fully saturated rings. The van der Waals surface area contributed by atoms with Crippen molar-refractivity contribution in [1.29, 1.82) is 0 Å². The van der Waals surface area contributed by atoms with Gasteiger partial charge in [-0.1, -0.05) is 0 Å². The summed E-state index contributed by atoms with van der Waals surface area (Å²) >= 11 is 1.35. The smallest absolute Gasteiger partial charge is 0.314 e. The summed E-state index contributed by atoms with van der Waals surface area (Å²) in [6.45, 7) is 3.98. The summed E-state index contributed by atoms with van der Waals surface area (Å²) < 4.78 is 4.23. The Morgan fingerprint density at radius 1 is 1.18 bits per heavy atom. The third kappa shape index (κ3) is 6.08. The molecule has 28 heavy (non-hydrogen) atoms. The van der Waals surface area contributed by atoms with Crippen molar-refractivity contribution in [3.63, 3.8) is 0 Å². The minimum atomic E-state index is -0.533. The average molecular weight is 406 g/mol. The minimum Gasteiger partial charge on any atom is -0.370 e. The van der Waals surface area contributed by atoms with Gasteiger partial charge in [-0.2, -0.15) is 4.37 Å². The fourth-order valence-corrected chi connectivity index (χ4v) is 3.30. The molecule has 0 aliphatic carbocycles. The number of carbonyl (C=O) groups excluding carboxylic acids is 2. The van der Waals surface area contributed by atoms with Crippen molar-refractivity contribution >= 4 is 39.8 Å². The number of pyridine rings is 1. The maximum atomic E-state index is 11.6. The van der Waals surface area contributed by atoms with Gasteiger partial charge in [-0.05, 0) is 49.9 Å². The van der Waals surface area contributed by atoms with Crippen molar-refractivity contribution < 1.29 is 9.59 Å². The highest BCUT2D eigenvalue weighted by Crippen LogP contribution is 2.28. The van der Waals surface area contributed by atoms with E-state index in [1.807, 2.05) is 19.1 Å². The van der Waals surface area contributed by atoms with Gasteiger partial charge in [0.2, 0.25) is 0 Å². The predicted octanol–water partition coefficient (Wildman–Crippen LogP) is 2.31. The average Bonchev–Trinajstić information content (AvgIpc) is 3.07. The van der Waals surface area contributed by atoms with Crippen molar-refractivity contribution in [2.75, 3.05) is 37.4 Å². The molecule has 152 valence electrons. The summed E-state index contributed by atoms with van der Waals surface area (Å²) in [5, 5.41) is 4.09. The number of nitrogens with zero attached hydrogens (tertiary/aromatic N) is 4. The van der Waals surface area contributed by atoms with Crippen LogP contribution in [0.15, 0.2) is 18.3 Å². The highest BCUT2D eigenvalue weighted by Gasteiger charge is 2.16. The maximum absolute atomic E-state index is 11.6. The molecular weight excluding hydrogens is 378 g/mol. The molecule has 9 nitrogen and oxygen atoms in total. The second-order valence-corrected chi connectivity index (χ2v) is 7.50. The van der Waals surface area contributed by atoms with Crippen molar-refractivity contribution in [1.82, 2.24) is 14.3 Å². The molecule has 10 heteroatoms. The zero-order valence-corrected chi connectivity index (χ0v) is 17.3. The molecule has 0 unspecified atom stereocenters. The molecule has 1 aliphatic heterocycles. The second-order valence-electron chi connectivity index (χ2n) is 6.69. The van der Waals surface area contributed by atoms with Gasteiger partial charge in [0.05, 0.1) is 23.3 Å². The maximum Gasteiger partial charge on any atom is 0.314 e. The van der Waals surface area contributed by atoms with Gasteiger partial charge in [0.15, 0.2) is 5.69 Å². The Bertz CT molecular complexity index is 816. The summed E-state index contributed by atoms with van der Waals surface area (Å²) in [5.41, 5.74) is 13.0. The van der Waals surface area contributed by atoms with E-state index in [1.54, 1.807) is 20.3 Å². The Hall–Kier alpha value is -2.88. The molecule has 0 spiro atoms. The van der Waals surface area contributed by atoms with Gasteiger partial charge in [-0.25, -0.2) is 9.78 Å². The number of rotatable bonds is 4. The zero-order valence-electron chi connectivity index (χ0n) is 16.4. The molecule has 1 aliphatic rings. The topological polar surface area (TPSA) is 130 Å². The van der Waals surface area contributed by atoms with Crippen molar-refractivity contribution in [3.05, 3.63) is 29.7 Å². The number of anilines is 3. The summed E-state index contributed by atoms with van der Waals surface area (Å²) in [7, 11) is 3.20. The SMILES string of the molecule is CN(C)C(N)=O.Cc1cc(Nc2cc(N3CCCCC3)cnc2C(N)=O)sn1. The number of aryl methyl sites for hydroxylation is 1. The van der Waals surface area contributed by atoms with Crippen LogP contribution in [-0.4, -0.2) is 53.4 Å². The standard InChI is InChI=1S/C15H19N5OS.C3H8N2O/c1-10-7-13(22-19-10)18-12-8-11(9-17-14(12)15(16)21)20-5-3-2-4-6-20;1-5(2)3(4)6/h7-9,18H,2-6H2,1H3,(H2,16,21);1-2H3,(H2,4,6). The zero-order chi connectivity index (χ0) is 20.7. The fourth-order valence-electron chi connectivity index (χ4n) is 2.63. The van der Waals surface area contributed by atoms with Gasteiger partial charge < -0.3 is 26.6 Å². The number of hydrogen-bond acceptors (Lipinski definition) is 7. The van der Waals surface area contributed by atoms with Gasteiger partial charge in [-0.3, -0.25) is 4.79 Å². The molecule has 3 heterocycles. The number of primary amides is 2. The first-order valence-corrected chi connectivity index (χ1v) is 9.77. The van der Waals surface area contributed by atoms with E-state index in [4.69, 9.17) is 11.5 Å². The van der Waals surface area contributed by atoms with Crippen molar-refractivity contribution in [2.45, 2.75) is 26.2 Å². The van der Waals surface area contributed by atoms with E-state index in [9.17, 15) is 9.59 Å². The highest BCUT2D eigenvalue weighted by molar-refractivity contribution is 7.10. The van der Waals surface area contributed by atoms with Crippen molar-refractivity contribution in [3.8, 4) is 0 Å². The first kappa shape index (κ1) is 21.4. The Morgan fingerprint density at radius 2 is 1.82 bits per heavy atom. The van der Waals surface area contributed by atoms with Crippen molar-refractivity contribution in [2.24, 2.45) is 11.5 Å². The summed E-state index contributed by atoms with van der Waals surface area (Å²) in [6, 6.07) is 3.48. The van der Waals surface area contributed by atoms with Gasteiger partial charge in [0.25, 0.3) is 5.91 Å². The van der Waals surface area contributed by atoms with Crippen LogP contribution in [0.25, 0.3) is 0 Å². The lowest BCUT2D eigenvalue weighted by Gasteiger charge is -2.29. The second kappa shape index (κ2) is 9.88. The molecule has 0 saturated carbocycles. The number of nitrogens with one attached hydrogen (secondary N) is 1. The van der Waals surface area contributed by atoms with Gasteiger partial charge >= 0.3 is 6.03 Å². The van der Waals surface area contributed by atoms with Crippen LogP contribution >= 0.6 is 11.5 Å². The number of carbonyl (C=O) groups is 2. The lowest BCUT2D eigenvalue weighted by molar-refractivity contribution is 0.0996. The highest BCUT2D eigenvalue weighted by atomic mass is 32.1. The molecule has 5 N–H and O–H groups in total. The fraction of sp³-hybridized carbons (Fsp3) is 0.444. The summed E-state index contributed by atoms with van der Waals surface area (Å²) in [6.07, 6.45) is 5.38. The monoisotopic (exact) mass is 405 g/mol. The van der Waals surface area contributed by atoms with E-state index in [0.717, 1.165) is 29.5 Å². The molecule has 0 aromatic carbocycles. The summed E-state index contributed by atoms with van der Waals surface area (Å²) in [5.74, 6) is -0.533. The number of hydrogen-bond donors (Lipinski definition) is 3. The van der Waals surface area contributed by atoms with Crippen LogP contribution in [0.5, 0.6) is 0 Å². The number of nitrogens with two attached hydrogens (primary N) is 2. The Balaban J connectivity index is 0.000000409. The van der Waals surface area contributed by atoms with E-state index in [-0.39, 0.29) is 5.69 Å². The van der Waals surface area contributed by atoms with Crippen LogP contribution in [0.4, 0.5) is 21.2 Å². The van der Waals surface area contributed by atoms with Crippen LogP contribution in [0, 0.1) is 6.92 Å². The third-order valence-electron chi connectivity index (χ3n) is 4.15. The van der Waals surface area contributed by atoms with E-state index in [2.05, 4.69) is 19.6 Å². The number of piperidine rings is 1. The molecule has 0 bridgehead atoms. The number of amides is 3. The Labute approximate surface area is 168 Å². The van der Waals surface area contributed by atoms with Gasteiger partial charge in [-0.15, -0.1) is 0 Å². The molecule has 2 aromatic rings. The lowest BCUT2D eigenvalue weighted by Crippen LogP contribution is -2.29. The quantitative estimate of drug-likeness (QED) is 0.715. The first-order valence-electron chi connectivity index (χ1n) is 9.00. The van der Waals surface area contributed by atoms with Gasteiger partial charge in [0.1, 0.15) is 5.00 Å². The predicted molar refractivity (Wildman–Crippen MR) is 112 cm³/mol. The number of aromatic nitrogens is 2. The minimum absolute atomic E-state index is 0.256. The third-order valence-corrected chi connectivity index (χ3v) is 4.95.